The molecule has 0 aliphatic rings. The number of ether oxygens (including phenoxy) is 2. The molecule has 0 saturated heterocycles. The van der Waals surface area contributed by atoms with Crippen LogP contribution < -0.4 is 9.47 Å². The van der Waals surface area contributed by atoms with E-state index in [1.165, 1.54) is 0 Å². The topological polar surface area (TPSA) is 67.0 Å². The molecule has 35 heavy (non-hydrogen) atoms. The van der Waals surface area contributed by atoms with E-state index in [0.29, 0.717) is 16.7 Å². The van der Waals surface area contributed by atoms with E-state index in [1.54, 1.807) is 20.5 Å². The zero-order valence-corrected chi connectivity index (χ0v) is 21.0. The van der Waals surface area contributed by atoms with Gasteiger partial charge in [-0.2, -0.15) is 0 Å². The van der Waals surface area contributed by atoms with Crippen molar-refractivity contribution in [3.8, 4) is 40.0 Å². The first kappa shape index (κ1) is 22.9. The summed E-state index contributed by atoms with van der Waals surface area (Å²) in [5.74, 6) is 1.97. The summed E-state index contributed by atoms with van der Waals surface area (Å²) in [4.78, 5) is 14.2. The molecular weight excluding hydrogens is 462 g/mol. The van der Waals surface area contributed by atoms with E-state index < -0.39 is 0 Å². The van der Waals surface area contributed by atoms with Crippen LogP contribution in [0.3, 0.4) is 0 Å². The summed E-state index contributed by atoms with van der Waals surface area (Å²) in [6.45, 7) is 6.24. The molecule has 0 bridgehead atoms. The van der Waals surface area contributed by atoms with Gasteiger partial charge in [0.2, 0.25) is 5.88 Å². The van der Waals surface area contributed by atoms with Gasteiger partial charge in [-0.3, -0.25) is 0 Å². The highest BCUT2D eigenvalue weighted by Crippen LogP contribution is 2.37. The van der Waals surface area contributed by atoms with Gasteiger partial charge < -0.3 is 18.6 Å². The average Bonchev–Trinajstić information content (AvgIpc) is 3.47. The van der Waals surface area contributed by atoms with Gasteiger partial charge in [0.25, 0.3) is 0 Å². The first-order valence-corrected chi connectivity index (χ1v) is 11.7. The van der Waals surface area contributed by atoms with Gasteiger partial charge in [0.15, 0.2) is 0 Å². The number of aryl methyl sites for hydroxylation is 1. The molecule has 0 atom stereocenters. The van der Waals surface area contributed by atoms with Crippen molar-refractivity contribution >= 4 is 22.6 Å². The Bertz CT molecular complexity index is 1540. The Kier molecular flexibility index (Phi) is 5.94. The number of nitrogens with zero attached hydrogens (tertiary/aromatic N) is 5. The van der Waals surface area contributed by atoms with Gasteiger partial charge >= 0.3 is 0 Å². The number of imidazole rings is 2. The van der Waals surface area contributed by atoms with Crippen LogP contribution in [0.15, 0.2) is 61.1 Å². The molecule has 5 aromatic rings. The van der Waals surface area contributed by atoms with Crippen molar-refractivity contribution in [1.29, 1.82) is 0 Å². The second-order valence-electron chi connectivity index (χ2n) is 8.57. The first-order valence-electron chi connectivity index (χ1n) is 11.3. The number of para-hydroxylation sites is 1. The van der Waals surface area contributed by atoms with Crippen molar-refractivity contribution in [3.05, 3.63) is 71.8 Å². The molecule has 0 N–H and O–H groups in total. The summed E-state index contributed by atoms with van der Waals surface area (Å²) < 4.78 is 15.2. The van der Waals surface area contributed by atoms with Crippen molar-refractivity contribution < 1.29 is 9.47 Å². The minimum Gasteiger partial charge on any atom is -0.495 e. The fourth-order valence-electron chi connectivity index (χ4n) is 4.33. The molecule has 8 heteroatoms. The Balaban J connectivity index is 1.69. The van der Waals surface area contributed by atoms with Gasteiger partial charge in [0, 0.05) is 23.4 Å². The molecule has 0 aliphatic heterocycles. The Morgan fingerprint density at radius 2 is 1.80 bits per heavy atom. The maximum absolute atomic E-state index is 6.28. The van der Waals surface area contributed by atoms with Crippen LogP contribution in [-0.2, 0) is 0 Å². The molecule has 0 unspecified atom stereocenters. The number of aromatic nitrogens is 5. The summed E-state index contributed by atoms with van der Waals surface area (Å²) in [5, 5.41) is 0.564. The third-order valence-electron chi connectivity index (χ3n) is 5.95. The molecule has 178 valence electrons. The van der Waals surface area contributed by atoms with E-state index in [4.69, 9.17) is 31.0 Å². The normalized spacial score (nSPS) is 11.4. The van der Waals surface area contributed by atoms with Crippen molar-refractivity contribution in [2.45, 2.75) is 26.8 Å². The van der Waals surface area contributed by atoms with Crippen LogP contribution in [-0.4, -0.2) is 38.3 Å². The molecule has 2 aromatic carbocycles. The van der Waals surface area contributed by atoms with Gasteiger partial charge in [-0.25, -0.2) is 15.0 Å². The van der Waals surface area contributed by atoms with Crippen molar-refractivity contribution in [2.75, 3.05) is 14.2 Å². The number of benzene rings is 2. The highest BCUT2D eigenvalue weighted by molar-refractivity contribution is 6.32. The predicted molar refractivity (Wildman–Crippen MR) is 139 cm³/mol. The van der Waals surface area contributed by atoms with E-state index in [2.05, 4.69) is 29.5 Å². The van der Waals surface area contributed by atoms with Crippen molar-refractivity contribution in [1.82, 2.24) is 24.1 Å². The minimum absolute atomic E-state index is 0.182. The number of hydrogen-bond acceptors (Lipinski definition) is 5. The quantitative estimate of drug-likeness (QED) is 0.273. The second-order valence-corrected chi connectivity index (χ2v) is 8.98. The average molecular weight is 488 g/mol. The molecule has 0 aliphatic carbocycles. The fourth-order valence-corrected chi connectivity index (χ4v) is 4.53. The summed E-state index contributed by atoms with van der Waals surface area (Å²) in [6, 6.07) is 16.0. The molecule has 0 fully saturated rings. The summed E-state index contributed by atoms with van der Waals surface area (Å²) >= 11 is 6.28. The van der Waals surface area contributed by atoms with Crippen LogP contribution in [0.1, 0.15) is 25.6 Å². The van der Waals surface area contributed by atoms with Crippen LogP contribution >= 0.6 is 11.6 Å². The number of pyridine rings is 1. The lowest BCUT2D eigenvalue weighted by Gasteiger charge is -2.14. The maximum atomic E-state index is 6.28. The number of methoxy groups -OCH3 is 2. The van der Waals surface area contributed by atoms with Crippen LogP contribution in [0, 0.1) is 6.92 Å². The predicted octanol–water partition coefficient (Wildman–Crippen LogP) is 6.51. The monoisotopic (exact) mass is 487 g/mol. The van der Waals surface area contributed by atoms with Crippen LogP contribution in [0.4, 0.5) is 0 Å². The smallest absolute Gasteiger partial charge is 0.238 e. The lowest BCUT2D eigenvalue weighted by atomic mass is 10.1. The largest absolute Gasteiger partial charge is 0.495 e. The third-order valence-corrected chi connectivity index (χ3v) is 6.26. The zero-order valence-electron chi connectivity index (χ0n) is 20.3. The highest BCUT2D eigenvalue weighted by atomic mass is 35.5. The second kappa shape index (κ2) is 9.07. The number of hydrogen-bond donors (Lipinski definition) is 0. The molecule has 7 nitrogen and oxygen atoms in total. The molecule has 0 radical (unpaired) electrons. The molecule has 3 aromatic heterocycles. The van der Waals surface area contributed by atoms with Crippen molar-refractivity contribution in [2.24, 2.45) is 0 Å². The van der Waals surface area contributed by atoms with Gasteiger partial charge in [-0.05, 0) is 57.2 Å². The summed E-state index contributed by atoms with van der Waals surface area (Å²) in [7, 11) is 3.24. The number of rotatable bonds is 6. The minimum atomic E-state index is 0.182. The zero-order chi connectivity index (χ0) is 24.7. The van der Waals surface area contributed by atoms with E-state index >= 15 is 0 Å². The van der Waals surface area contributed by atoms with E-state index in [9.17, 15) is 0 Å². The lowest BCUT2D eigenvalue weighted by molar-refractivity contribution is 0.396. The standard InChI is InChI=1S/C27H26ClN5O2/c1-16(2)33-22-8-6-7-19(25(22)31-26(33)18-9-10-20(28)24(13-18)34-4)21-11-12-23(27(30-21)35-5)32-14-17(3)29-15-32/h6-16H,1-5H3. The Morgan fingerprint density at radius 1 is 0.971 bits per heavy atom. The maximum Gasteiger partial charge on any atom is 0.238 e. The van der Waals surface area contributed by atoms with E-state index in [0.717, 1.165) is 45.1 Å². The van der Waals surface area contributed by atoms with Gasteiger partial charge in [0.1, 0.15) is 17.3 Å². The molecule has 0 saturated carbocycles. The van der Waals surface area contributed by atoms with Gasteiger partial charge in [-0.15, -0.1) is 0 Å². The van der Waals surface area contributed by atoms with Gasteiger partial charge in [-0.1, -0.05) is 23.7 Å². The summed E-state index contributed by atoms with van der Waals surface area (Å²) in [5.41, 5.74) is 6.27. The summed E-state index contributed by atoms with van der Waals surface area (Å²) in [6.07, 6.45) is 3.70. The van der Waals surface area contributed by atoms with Crippen LogP contribution in [0.25, 0.3) is 39.4 Å². The van der Waals surface area contributed by atoms with Crippen LogP contribution in [0.5, 0.6) is 11.6 Å². The SMILES string of the molecule is COc1cc(-c2nc3c(-c4ccc(-n5cnc(C)c5)c(OC)n4)cccc3n2C(C)C)ccc1Cl. The molecule has 0 amide bonds. The van der Waals surface area contributed by atoms with E-state index in [-0.39, 0.29) is 6.04 Å². The Morgan fingerprint density at radius 3 is 2.49 bits per heavy atom. The number of fused-ring (bicyclic) bond motifs is 1. The highest BCUT2D eigenvalue weighted by Gasteiger charge is 2.20. The first-order chi connectivity index (χ1) is 16.9. The molecule has 5 rings (SSSR count). The third kappa shape index (κ3) is 4.02. The molecular formula is C27H26ClN5O2. The molecule has 0 spiro atoms. The number of halogens is 1. The fraction of sp³-hybridized carbons (Fsp3) is 0.222. The lowest BCUT2D eigenvalue weighted by Crippen LogP contribution is -2.03. The Labute approximate surface area is 209 Å². The van der Waals surface area contributed by atoms with Crippen molar-refractivity contribution in [3.63, 3.8) is 0 Å². The molecule has 3 heterocycles. The van der Waals surface area contributed by atoms with E-state index in [1.807, 2.05) is 60.2 Å². The van der Waals surface area contributed by atoms with Gasteiger partial charge in [0.05, 0.1) is 48.0 Å². The van der Waals surface area contributed by atoms with Crippen LogP contribution in [0.2, 0.25) is 5.02 Å². The Hall–Kier alpha value is -3.84.